The lowest BCUT2D eigenvalue weighted by molar-refractivity contribution is 0.0907. The van der Waals surface area contributed by atoms with Crippen LogP contribution < -0.4 is 5.32 Å². The third-order valence-corrected chi connectivity index (χ3v) is 4.64. The van der Waals surface area contributed by atoms with Gasteiger partial charge in [-0.2, -0.15) is 5.10 Å². The predicted molar refractivity (Wildman–Crippen MR) is 91.6 cm³/mol. The molecule has 1 aromatic heterocycles. The Balaban J connectivity index is 2.08. The molecule has 1 aromatic rings. The number of aliphatic hydroxyl groups is 1. The van der Waals surface area contributed by atoms with Crippen LogP contribution in [0, 0.1) is 5.92 Å². The van der Waals surface area contributed by atoms with Crippen molar-refractivity contribution >= 4 is 5.91 Å². The van der Waals surface area contributed by atoms with Crippen molar-refractivity contribution in [1.82, 2.24) is 15.1 Å². The van der Waals surface area contributed by atoms with E-state index in [2.05, 4.69) is 45.0 Å². The molecule has 0 bridgehead atoms. The van der Waals surface area contributed by atoms with Crippen molar-refractivity contribution in [2.45, 2.75) is 77.8 Å². The molecule has 1 aliphatic carbocycles. The van der Waals surface area contributed by atoms with Gasteiger partial charge in [-0.1, -0.05) is 13.8 Å². The topological polar surface area (TPSA) is 67.2 Å². The molecule has 1 heterocycles. The van der Waals surface area contributed by atoms with Gasteiger partial charge in [-0.15, -0.1) is 0 Å². The zero-order valence-electron chi connectivity index (χ0n) is 15.1. The highest BCUT2D eigenvalue weighted by Gasteiger charge is 2.26. The van der Waals surface area contributed by atoms with Crippen LogP contribution in [0.4, 0.5) is 0 Å². The molecule has 0 spiro atoms. The highest BCUT2D eigenvalue weighted by molar-refractivity contribution is 5.92. The average Bonchev–Trinajstić information content (AvgIpc) is 2.93. The van der Waals surface area contributed by atoms with Crippen LogP contribution in [0.5, 0.6) is 0 Å². The fourth-order valence-electron chi connectivity index (χ4n) is 3.20. The van der Waals surface area contributed by atoms with E-state index in [1.54, 1.807) is 0 Å². The van der Waals surface area contributed by atoms with Crippen molar-refractivity contribution in [2.24, 2.45) is 5.92 Å². The molecule has 23 heavy (non-hydrogen) atoms. The molecule has 0 saturated heterocycles. The highest BCUT2D eigenvalue weighted by Crippen LogP contribution is 2.25. The Morgan fingerprint density at radius 2 is 1.96 bits per heavy atom. The Hall–Kier alpha value is -1.36. The molecule has 1 fully saturated rings. The van der Waals surface area contributed by atoms with Crippen LogP contribution in [0.3, 0.4) is 0 Å². The molecule has 5 heteroatoms. The van der Waals surface area contributed by atoms with Gasteiger partial charge in [0.05, 0.1) is 5.54 Å². The molecule has 130 valence electrons. The van der Waals surface area contributed by atoms with E-state index in [9.17, 15) is 9.90 Å². The lowest BCUT2D eigenvalue weighted by atomic mass is 9.86. The lowest BCUT2D eigenvalue weighted by Crippen LogP contribution is -2.38. The monoisotopic (exact) mass is 321 g/mol. The van der Waals surface area contributed by atoms with Crippen LogP contribution >= 0.6 is 0 Å². The van der Waals surface area contributed by atoms with Crippen molar-refractivity contribution in [2.75, 3.05) is 6.61 Å². The number of carbonyl (C=O) groups excluding carboxylic acids is 1. The summed E-state index contributed by atoms with van der Waals surface area (Å²) in [5, 5.41) is 16.9. The molecule has 0 unspecified atom stereocenters. The molecule has 1 saturated carbocycles. The summed E-state index contributed by atoms with van der Waals surface area (Å²) in [6.07, 6.45) is 3.84. The Kier molecular flexibility index (Phi) is 5.50. The molecular formula is C18H31N3O2. The molecule has 0 atom stereocenters. The number of nitrogens with one attached hydrogen (secondary N) is 1. The van der Waals surface area contributed by atoms with Crippen molar-refractivity contribution in [3.8, 4) is 0 Å². The predicted octanol–water partition coefficient (Wildman–Crippen LogP) is 3.04. The number of hydrogen-bond acceptors (Lipinski definition) is 3. The van der Waals surface area contributed by atoms with E-state index in [0.29, 0.717) is 17.5 Å². The number of hydrogen-bond donors (Lipinski definition) is 2. The number of carbonyl (C=O) groups is 1. The maximum Gasteiger partial charge on any atom is 0.272 e. The van der Waals surface area contributed by atoms with Gasteiger partial charge in [0.2, 0.25) is 0 Å². The molecule has 0 aliphatic heterocycles. The number of aromatic nitrogens is 2. The minimum absolute atomic E-state index is 0.0812. The van der Waals surface area contributed by atoms with Gasteiger partial charge in [-0.3, -0.25) is 9.48 Å². The SMILES string of the molecule is CC(C)c1cc(C(=O)NC2CCC(CO)CC2)nn1C(C)(C)C. The second kappa shape index (κ2) is 7.04. The van der Waals surface area contributed by atoms with Gasteiger partial charge in [0.25, 0.3) is 5.91 Å². The summed E-state index contributed by atoms with van der Waals surface area (Å²) in [5.74, 6) is 0.640. The van der Waals surface area contributed by atoms with E-state index in [1.807, 2.05) is 10.7 Å². The Morgan fingerprint density at radius 3 is 2.39 bits per heavy atom. The molecular weight excluding hydrogens is 290 g/mol. The fourth-order valence-corrected chi connectivity index (χ4v) is 3.20. The van der Waals surface area contributed by atoms with Crippen molar-refractivity contribution in [3.05, 3.63) is 17.5 Å². The minimum atomic E-state index is -0.142. The van der Waals surface area contributed by atoms with E-state index >= 15 is 0 Å². The van der Waals surface area contributed by atoms with Crippen LogP contribution in [0.25, 0.3) is 0 Å². The van der Waals surface area contributed by atoms with Crippen LogP contribution in [-0.2, 0) is 5.54 Å². The van der Waals surface area contributed by atoms with Gasteiger partial charge in [0.15, 0.2) is 0 Å². The molecule has 0 aromatic carbocycles. The van der Waals surface area contributed by atoms with Gasteiger partial charge in [-0.25, -0.2) is 0 Å². The summed E-state index contributed by atoms with van der Waals surface area (Å²) < 4.78 is 1.97. The van der Waals surface area contributed by atoms with E-state index < -0.39 is 0 Å². The lowest BCUT2D eigenvalue weighted by Gasteiger charge is -2.27. The normalized spacial score (nSPS) is 22.4. The van der Waals surface area contributed by atoms with Gasteiger partial charge in [0, 0.05) is 18.3 Å². The largest absolute Gasteiger partial charge is 0.396 e. The zero-order valence-corrected chi connectivity index (χ0v) is 15.1. The first-order valence-corrected chi connectivity index (χ1v) is 8.74. The molecule has 1 aliphatic rings. The van der Waals surface area contributed by atoms with Crippen molar-refractivity contribution < 1.29 is 9.90 Å². The second-order valence-corrected chi connectivity index (χ2v) is 8.07. The number of aliphatic hydroxyl groups excluding tert-OH is 1. The first kappa shape index (κ1) is 18.0. The third-order valence-electron chi connectivity index (χ3n) is 4.64. The van der Waals surface area contributed by atoms with E-state index in [0.717, 1.165) is 31.4 Å². The van der Waals surface area contributed by atoms with Crippen LogP contribution in [0.1, 0.15) is 82.4 Å². The van der Waals surface area contributed by atoms with E-state index in [-0.39, 0.29) is 24.1 Å². The Bertz CT molecular complexity index is 535. The van der Waals surface area contributed by atoms with Crippen LogP contribution in [-0.4, -0.2) is 33.4 Å². The summed E-state index contributed by atoms with van der Waals surface area (Å²) in [4.78, 5) is 12.5. The maximum atomic E-state index is 12.5. The fraction of sp³-hybridized carbons (Fsp3) is 0.778. The maximum absolute atomic E-state index is 12.5. The van der Waals surface area contributed by atoms with Gasteiger partial charge < -0.3 is 10.4 Å². The summed E-state index contributed by atoms with van der Waals surface area (Å²) in [7, 11) is 0. The van der Waals surface area contributed by atoms with E-state index in [1.165, 1.54) is 0 Å². The number of amides is 1. The van der Waals surface area contributed by atoms with Crippen molar-refractivity contribution in [1.29, 1.82) is 0 Å². The Morgan fingerprint density at radius 1 is 1.35 bits per heavy atom. The van der Waals surface area contributed by atoms with Crippen LogP contribution in [0.15, 0.2) is 6.07 Å². The zero-order chi connectivity index (χ0) is 17.2. The van der Waals surface area contributed by atoms with E-state index in [4.69, 9.17) is 0 Å². The summed E-state index contributed by atoms with van der Waals surface area (Å²) in [6.45, 7) is 10.8. The third kappa shape index (κ3) is 4.34. The van der Waals surface area contributed by atoms with Crippen LogP contribution in [0.2, 0.25) is 0 Å². The first-order valence-electron chi connectivity index (χ1n) is 8.74. The quantitative estimate of drug-likeness (QED) is 0.895. The molecule has 5 nitrogen and oxygen atoms in total. The molecule has 2 N–H and O–H groups in total. The van der Waals surface area contributed by atoms with Gasteiger partial charge >= 0.3 is 0 Å². The van der Waals surface area contributed by atoms with Crippen molar-refractivity contribution in [3.63, 3.8) is 0 Å². The minimum Gasteiger partial charge on any atom is -0.396 e. The first-order chi connectivity index (χ1) is 10.7. The molecule has 2 rings (SSSR count). The number of rotatable bonds is 4. The Labute approximate surface area is 139 Å². The van der Waals surface area contributed by atoms with Gasteiger partial charge in [-0.05, 0) is 64.4 Å². The second-order valence-electron chi connectivity index (χ2n) is 8.07. The van der Waals surface area contributed by atoms with Gasteiger partial charge in [0.1, 0.15) is 5.69 Å². The number of nitrogens with zero attached hydrogens (tertiary/aromatic N) is 2. The highest BCUT2D eigenvalue weighted by atomic mass is 16.3. The standard InChI is InChI=1S/C18H31N3O2/c1-12(2)16-10-15(20-21(16)18(3,4)5)17(23)19-14-8-6-13(11-22)7-9-14/h10,12-14,22H,6-9,11H2,1-5H3,(H,19,23). The molecule has 1 amide bonds. The smallest absolute Gasteiger partial charge is 0.272 e. The summed E-state index contributed by atoms with van der Waals surface area (Å²) in [5.41, 5.74) is 1.46. The average molecular weight is 321 g/mol. The summed E-state index contributed by atoms with van der Waals surface area (Å²) in [6, 6.07) is 2.12. The summed E-state index contributed by atoms with van der Waals surface area (Å²) >= 11 is 0. The molecule has 0 radical (unpaired) electrons.